The van der Waals surface area contributed by atoms with Crippen molar-refractivity contribution < 1.29 is 23.0 Å². The van der Waals surface area contributed by atoms with Crippen molar-refractivity contribution >= 4 is 30.0 Å². The van der Waals surface area contributed by atoms with Crippen molar-refractivity contribution in [1.82, 2.24) is 4.98 Å². The number of hydrogen-bond acceptors (Lipinski definition) is 7. The van der Waals surface area contributed by atoms with Gasteiger partial charge >= 0.3 is 0 Å². The van der Waals surface area contributed by atoms with Crippen molar-refractivity contribution in [3.63, 3.8) is 0 Å². The molecule has 2 aromatic rings. The van der Waals surface area contributed by atoms with Crippen molar-refractivity contribution in [2.45, 2.75) is 11.2 Å². The minimum Gasteiger partial charge on any atom is -0.462 e. The first-order valence-electron chi connectivity index (χ1n) is 8.59. The van der Waals surface area contributed by atoms with E-state index in [0.29, 0.717) is 5.56 Å². The van der Waals surface area contributed by atoms with E-state index < -0.39 is 29.5 Å². The molecule has 1 aromatic heterocycles. The normalized spacial score (nSPS) is 24.5. The number of carbonyl (C=O) groups is 1. The molecule has 0 spiro atoms. The number of anilines is 1. The summed E-state index contributed by atoms with van der Waals surface area (Å²) in [6, 6.07) is 8.20. The number of amides is 1. The van der Waals surface area contributed by atoms with Crippen LogP contribution in [0.1, 0.15) is 21.6 Å². The van der Waals surface area contributed by atoms with Gasteiger partial charge in [0.15, 0.2) is 11.2 Å². The number of ether oxygens (including phenoxy) is 2. The summed E-state index contributed by atoms with van der Waals surface area (Å²) in [5.74, 6) is -1.29. The molecule has 2 unspecified atom stereocenters. The highest BCUT2D eigenvalue weighted by Gasteiger charge is 2.62. The van der Waals surface area contributed by atoms with Gasteiger partial charge in [-0.25, -0.2) is 18.8 Å². The zero-order valence-electron chi connectivity index (χ0n) is 15.4. The van der Waals surface area contributed by atoms with Gasteiger partial charge < -0.3 is 20.5 Å². The number of benzene rings is 1. The van der Waals surface area contributed by atoms with Crippen LogP contribution >= 0.6 is 12.4 Å². The van der Waals surface area contributed by atoms with E-state index in [9.17, 15) is 9.18 Å². The second-order valence-corrected chi connectivity index (χ2v) is 6.75. The monoisotopic (exact) mass is 435 g/mol. The van der Waals surface area contributed by atoms with Gasteiger partial charge in [0.25, 0.3) is 11.9 Å². The standard InChI is InChI=1S/C19H15F2N5O3.ClH/c20-14-3-2-12(25-16(27)15-4-1-11(6-22)7-24-15)5-13(14)19-10-28-8-18(19,21)9-29-17(23)26-19;/h1-5,7H,8-10H2,(H2,23,26)(H,25,27);1H. The van der Waals surface area contributed by atoms with Crippen molar-refractivity contribution in [1.29, 1.82) is 5.26 Å². The fourth-order valence-corrected chi connectivity index (χ4v) is 3.40. The van der Waals surface area contributed by atoms with E-state index in [1.807, 2.05) is 6.07 Å². The van der Waals surface area contributed by atoms with Gasteiger partial charge in [-0.3, -0.25) is 4.79 Å². The Balaban J connectivity index is 0.00000256. The molecule has 1 saturated heterocycles. The van der Waals surface area contributed by atoms with E-state index in [4.69, 9.17) is 20.5 Å². The molecule has 1 amide bonds. The molecule has 156 valence electrons. The highest BCUT2D eigenvalue weighted by Crippen LogP contribution is 2.48. The number of alkyl halides is 1. The van der Waals surface area contributed by atoms with Crippen LogP contribution in [0.25, 0.3) is 0 Å². The maximum Gasteiger partial charge on any atom is 0.283 e. The van der Waals surface area contributed by atoms with Gasteiger partial charge in [-0.2, -0.15) is 5.26 Å². The molecule has 2 atom stereocenters. The summed E-state index contributed by atoms with van der Waals surface area (Å²) >= 11 is 0. The fraction of sp³-hybridized carbons (Fsp3) is 0.263. The van der Waals surface area contributed by atoms with Gasteiger partial charge in [-0.1, -0.05) is 0 Å². The maximum absolute atomic E-state index is 15.5. The lowest BCUT2D eigenvalue weighted by Crippen LogP contribution is -2.55. The first-order chi connectivity index (χ1) is 13.9. The first kappa shape index (κ1) is 21.4. The summed E-state index contributed by atoms with van der Waals surface area (Å²) in [6.07, 6.45) is 1.26. The number of fused-ring (bicyclic) bond motifs is 1. The number of nitrogens with two attached hydrogens (primary N) is 1. The number of pyridine rings is 1. The Morgan fingerprint density at radius 1 is 1.27 bits per heavy atom. The predicted octanol–water partition coefficient (Wildman–Crippen LogP) is 2.05. The molecule has 0 saturated carbocycles. The highest BCUT2D eigenvalue weighted by atomic mass is 35.5. The molecule has 11 heteroatoms. The topological polar surface area (TPSA) is 123 Å². The third-order valence-corrected chi connectivity index (χ3v) is 4.93. The summed E-state index contributed by atoms with van der Waals surface area (Å²) < 4.78 is 40.4. The number of rotatable bonds is 3. The van der Waals surface area contributed by atoms with E-state index in [0.717, 1.165) is 6.07 Å². The smallest absolute Gasteiger partial charge is 0.283 e. The van der Waals surface area contributed by atoms with E-state index >= 15 is 4.39 Å². The Bertz CT molecular complexity index is 1060. The summed E-state index contributed by atoms with van der Waals surface area (Å²) in [5.41, 5.74) is 2.28. The summed E-state index contributed by atoms with van der Waals surface area (Å²) in [4.78, 5) is 20.4. The number of halogens is 3. The molecular weight excluding hydrogens is 420 g/mol. The van der Waals surface area contributed by atoms with Crippen LogP contribution in [-0.4, -0.2) is 42.4 Å². The Morgan fingerprint density at radius 2 is 2.07 bits per heavy atom. The first-order valence-corrected chi connectivity index (χ1v) is 8.59. The number of aromatic nitrogens is 1. The number of hydrogen-bond donors (Lipinski definition) is 2. The molecule has 8 nitrogen and oxygen atoms in total. The molecule has 2 aliphatic heterocycles. The number of aliphatic imine (C=N–C) groups is 1. The molecule has 0 radical (unpaired) electrons. The van der Waals surface area contributed by atoms with Crippen molar-refractivity contribution in [3.05, 3.63) is 59.2 Å². The summed E-state index contributed by atoms with van der Waals surface area (Å²) in [6.45, 7) is -0.971. The van der Waals surface area contributed by atoms with Gasteiger partial charge in [0.2, 0.25) is 0 Å². The van der Waals surface area contributed by atoms with E-state index in [2.05, 4.69) is 15.3 Å². The lowest BCUT2D eigenvalue weighted by Gasteiger charge is -2.38. The molecule has 0 bridgehead atoms. The second kappa shape index (κ2) is 7.85. The van der Waals surface area contributed by atoms with Gasteiger partial charge in [-0.15, -0.1) is 12.4 Å². The highest BCUT2D eigenvalue weighted by molar-refractivity contribution is 6.02. The van der Waals surface area contributed by atoms with Crippen LogP contribution < -0.4 is 11.1 Å². The predicted molar refractivity (Wildman–Crippen MR) is 104 cm³/mol. The Morgan fingerprint density at radius 3 is 2.77 bits per heavy atom. The number of amidine groups is 1. The average Bonchev–Trinajstić information content (AvgIpc) is 3.06. The van der Waals surface area contributed by atoms with Crippen LogP contribution in [0.3, 0.4) is 0 Å². The number of carbonyl (C=O) groups excluding carboxylic acids is 1. The van der Waals surface area contributed by atoms with Gasteiger partial charge in [0, 0.05) is 17.4 Å². The average molecular weight is 436 g/mol. The van der Waals surface area contributed by atoms with Crippen molar-refractivity contribution in [3.8, 4) is 6.07 Å². The number of nitrogens with zero attached hydrogens (tertiary/aromatic N) is 3. The van der Waals surface area contributed by atoms with Crippen LogP contribution in [0.2, 0.25) is 0 Å². The molecule has 3 N–H and O–H groups in total. The molecule has 4 rings (SSSR count). The van der Waals surface area contributed by atoms with Crippen LogP contribution in [0.4, 0.5) is 14.5 Å². The zero-order chi connectivity index (χ0) is 20.6. The van der Waals surface area contributed by atoms with Gasteiger partial charge in [-0.05, 0) is 30.3 Å². The van der Waals surface area contributed by atoms with E-state index in [1.165, 1.54) is 30.5 Å². The Labute approximate surface area is 176 Å². The third kappa shape index (κ3) is 3.42. The number of nitriles is 1. The van der Waals surface area contributed by atoms with Gasteiger partial charge in [0.1, 0.15) is 24.2 Å². The molecule has 2 aliphatic rings. The van der Waals surface area contributed by atoms with Crippen LogP contribution in [-0.2, 0) is 15.0 Å². The van der Waals surface area contributed by atoms with Crippen LogP contribution in [0, 0.1) is 17.1 Å². The number of nitrogens with one attached hydrogen (secondary N) is 1. The molecule has 3 heterocycles. The van der Waals surface area contributed by atoms with Crippen LogP contribution in [0.5, 0.6) is 0 Å². The quantitative estimate of drug-likeness (QED) is 0.760. The van der Waals surface area contributed by atoms with Crippen molar-refractivity contribution in [2.24, 2.45) is 10.7 Å². The summed E-state index contributed by atoms with van der Waals surface area (Å²) in [5, 5.41) is 11.4. The summed E-state index contributed by atoms with van der Waals surface area (Å²) in [7, 11) is 0. The third-order valence-electron chi connectivity index (χ3n) is 4.93. The minimum atomic E-state index is -2.10. The SMILES string of the molecule is Cl.N#Cc1ccc(C(=O)Nc2ccc(F)c(C34COCC3(F)COC(N)=N4)c2)nc1. The second-order valence-electron chi connectivity index (χ2n) is 6.75. The molecule has 1 aromatic carbocycles. The molecule has 0 aliphatic carbocycles. The zero-order valence-corrected chi connectivity index (χ0v) is 16.2. The molecule has 1 fully saturated rings. The van der Waals surface area contributed by atoms with E-state index in [1.54, 1.807) is 0 Å². The van der Waals surface area contributed by atoms with E-state index in [-0.39, 0.29) is 48.6 Å². The minimum absolute atomic E-state index is 0. The fourth-order valence-electron chi connectivity index (χ4n) is 3.40. The lowest BCUT2D eigenvalue weighted by molar-refractivity contribution is 0.00905. The molecule has 30 heavy (non-hydrogen) atoms. The Kier molecular flexibility index (Phi) is 5.61. The maximum atomic E-state index is 15.5. The Hall–Kier alpha value is -3.29. The largest absolute Gasteiger partial charge is 0.462 e. The van der Waals surface area contributed by atoms with Gasteiger partial charge in [0.05, 0.1) is 18.8 Å². The molecular formula is C19H16ClF2N5O3. The van der Waals surface area contributed by atoms with Crippen LogP contribution in [0.15, 0.2) is 41.5 Å². The lowest BCUT2D eigenvalue weighted by atomic mass is 9.78. The van der Waals surface area contributed by atoms with Crippen molar-refractivity contribution in [2.75, 3.05) is 25.1 Å².